The van der Waals surface area contributed by atoms with E-state index in [-0.39, 0.29) is 5.97 Å². The Balaban J connectivity index is 4.27. The van der Waals surface area contributed by atoms with Crippen LogP contribution in [0.2, 0.25) is 0 Å². The number of esters is 1. The van der Waals surface area contributed by atoms with Crippen LogP contribution in [0.5, 0.6) is 0 Å². The molecule has 108 valence electrons. The fourth-order valence-electron chi connectivity index (χ4n) is 1.66. The molecule has 0 aromatic rings. The standard InChI is InChI=1S/C17H28O2/c1-13(2)8-7-9-14(3)10-11-15(4)16(5)12-17(18)19-6/h8,11-12,14H,7,9-10H2,1-6H3. The molecule has 0 saturated carbocycles. The van der Waals surface area contributed by atoms with Crippen molar-refractivity contribution in [2.45, 2.75) is 53.9 Å². The first kappa shape index (κ1) is 17.7. The number of ether oxygens (including phenoxy) is 1. The minimum Gasteiger partial charge on any atom is -0.466 e. The van der Waals surface area contributed by atoms with E-state index in [0.29, 0.717) is 5.92 Å². The van der Waals surface area contributed by atoms with Crippen LogP contribution in [-0.2, 0) is 9.53 Å². The van der Waals surface area contributed by atoms with Gasteiger partial charge in [0.2, 0.25) is 0 Å². The number of allylic oxidation sites excluding steroid dienone is 5. The average molecular weight is 264 g/mol. The van der Waals surface area contributed by atoms with Crippen molar-refractivity contribution in [2.75, 3.05) is 7.11 Å². The maximum Gasteiger partial charge on any atom is 0.330 e. The first-order chi connectivity index (χ1) is 8.86. The van der Waals surface area contributed by atoms with E-state index in [1.54, 1.807) is 6.08 Å². The monoisotopic (exact) mass is 264 g/mol. The van der Waals surface area contributed by atoms with Crippen LogP contribution in [0.15, 0.2) is 34.9 Å². The maximum absolute atomic E-state index is 11.1. The van der Waals surface area contributed by atoms with Crippen LogP contribution >= 0.6 is 0 Å². The van der Waals surface area contributed by atoms with Gasteiger partial charge in [-0.3, -0.25) is 0 Å². The lowest BCUT2D eigenvalue weighted by atomic mass is 9.98. The molecule has 0 aliphatic heterocycles. The van der Waals surface area contributed by atoms with Gasteiger partial charge in [0.05, 0.1) is 7.11 Å². The second kappa shape index (κ2) is 9.60. The number of methoxy groups -OCH3 is 1. The minimum atomic E-state index is -0.290. The van der Waals surface area contributed by atoms with Gasteiger partial charge >= 0.3 is 5.97 Å². The Morgan fingerprint density at radius 3 is 2.26 bits per heavy atom. The highest BCUT2D eigenvalue weighted by Crippen LogP contribution is 2.16. The Hall–Kier alpha value is -1.31. The second-order valence-electron chi connectivity index (χ2n) is 5.44. The summed E-state index contributed by atoms with van der Waals surface area (Å²) in [6, 6.07) is 0. The number of hydrogen-bond donors (Lipinski definition) is 0. The molecule has 1 unspecified atom stereocenters. The molecule has 0 heterocycles. The van der Waals surface area contributed by atoms with Gasteiger partial charge in [-0.1, -0.05) is 30.2 Å². The summed E-state index contributed by atoms with van der Waals surface area (Å²) in [4.78, 5) is 11.1. The topological polar surface area (TPSA) is 26.3 Å². The highest BCUT2D eigenvalue weighted by Gasteiger charge is 2.02. The Kier molecular flexibility index (Phi) is 8.94. The Bertz CT molecular complexity index is 369. The molecule has 19 heavy (non-hydrogen) atoms. The van der Waals surface area contributed by atoms with Crippen LogP contribution in [0, 0.1) is 5.92 Å². The maximum atomic E-state index is 11.1. The summed E-state index contributed by atoms with van der Waals surface area (Å²) in [5.74, 6) is 0.373. The third-order valence-electron chi connectivity index (χ3n) is 3.20. The van der Waals surface area contributed by atoms with E-state index in [4.69, 9.17) is 0 Å². The van der Waals surface area contributed by atoms with Crippen molar-refractivity contribution in [3.63, 3.8) is 0 Å². The van der Waals surface area contributed by atoms with Gasteiger partial charge in [0.15, 0.2) is 0 Å². The van der Waals surface area contributed by atoms with Crippen LogP contribution in [-0.4, -0.2) is 13.1 Å². The van der Waals surface area contributed by atoms with E-state index in [2.05, 4.69) is 37.7 Å². The first-order valence-electron chi connectivity index (χ1n) is 6.93. The molecule has 0 aromatic carbocycles. The fourth-order valence-corrected chi connectivity index (χ4v) is 1.66. The summed E-state index contributed by atoms with van der Waals surface area (Å²) in [5, 5.41) is 0. The number of hydrogen-bond acceptors (Lipinski definition) is 2. The lowest BCUT2D eigenvalue weighted by molar-refractivity contribution is -0.134. The molecule has 0 radical (unpaired) electrons. The highest BCUT2D eigenvalue weighted by molar-refractivity contribution is 5.83. The van der Waals surface area contributed by atoms with Crippen molar-refractivity contribution in [1.29, 1.82) is 0 Å². The molecule has 0 aromatic heterocycles. The fraction of sp³-hybridized carbons (Fsp3) is 0.588. The third-order valence-corrected chi connectivity index (χ3v) is 3.20. The SMILES string of the molecule is COC(=O)C=C(C)C(C)=CCC(C)CCC=C(C)C. The van der Waals surface area contributed by atoms with Crippen molar-refractivity contribution >= 4 is 5.97 Å². The van der Waals surface area contributed by atoms with Gasteiger partial charge < -0.3 is 4.74 Å². The van der Waals surface area contributed by atoms with Gasteiger partial charge in [0, 0.05) is 6.08 Å². The van der Waals surface area contributed by atoms with Crippen molar-refractivity contribution in [3.05, 3.63) is 34.9 Å². The second-order valence-corrected chi connectivity index (χ2v) is 5.44. The molecule has 0 amide bonds. The van der Waals surface area contributed by atoms with E-state index in [1.165, 1.54) is 19.1 Å². The molecular weight excluding hydrogens is 236 g/mol. The number of carbonyl (C=O) groups is 1. The molecule has 0 bridgehead atoms. The van der Waals surface area contributed by atoms with Crippen molar-refractivity contribution in [2.24, 2.45) is 5.92 Å². The van der Waals surface area contributed by atoms with Crippen LogP contribution < -0.4 is 0 Å². The quantitative estimate of drug-likeness (QED) is 0.285. The summed E-state index contributed by atoms with van der Waals surface area (Å²) in [5.41, 5.74) is 3.51. The molecule has 0 aliphatic rings. The molecular formula is C17H28O2. The van der Waals surface area contributed by atoms with E-state index < -0.39 is 0 Å². The molecule has 1 atom stereocenters. The zero-order valence-electron chi connectivity index (χ0n) is 13.2. The summed E-state index contributed by atoms with van der Waals surface area (Å²) in [7, 11) is 1.40. The Morgan fingerprint density at radius 2 is 1.74 bits per heavy atom. The summed E-state index contributed by atoms with van der Waals surface area (Å²) in [6.45, 7) is 10.5. The summed E-state index contributed by atoms with van der Waals surface area (Å²) < 4.78 is 4.62. The molecule has 0 fully saturated rings. The minimum absolute atomic E-state index is 0.290. The van der Waals surface area contributed by atoms with Crippen LogP contribution in [0.4, 0.5) is 0 Å². The third kappa shape index (κ3) is 9.29. The summed E-state index contributed by atoms with van der Waals surface area (Å²) >= 11 is 0. The van der Waals surface area contributed by atoms with E-state index in [0.717, 1.165) is 24.0 Å². The molecule has 0 spiro atoms. The molecule has 0 rings (SSSR count). The zero-order valence-corrected chi connectivity index (χ0v) is 13.2. The molecule has 0 N–H and O–H groups in total. The van der Waals surface area contributed by atoms with Gasteiger partial charge in [-0.05, 0) is 58.4 Å². The van der Waals surface area contributed by atoms with Crippen molar-refractivity contribution in [3.8, 4) is 0 Å². The normalized spacial score (nSPS) is 14.0. The number of rotatable bonds is 7. The van der Waals surface area contributed by atoms with Gasteiger partial charge in [-0.25, -0.2) is 4.79 Å². The van der Waals surface area contributed by atoms with Gasteiger partial charge in [-0.15, -0.1) is 0 Å². The van der Waals surface area contributed by atoms with Crippen molar-refractivity contribution < 1.29 is 9.53 Å². The first-order valence-corrected chi connectivity index (χ1v) is 6.93. The van der Waals surface area contributed by atoms with E-state index in [9.17, 15) is 4.79 Å². The smallest absolute Gasteiger partial charge is 0.330 e. The summed E-state index contributed by atoms with van der Waals surface area (Å²) in [6.07, 6.45) is 9.44. The van der Waals surface area contributed by atoms with Crippen LogP contribution in [0.25, 0.3) is 0 Å². The lowest BCUT2D eigenvalue weighted by Gasteiger charge is -2.08. The van der Waals surface area contributed by atoms with Gasteiger partial charge in [0.1, 0.15) is 0 Å². The van der Waals surface area contributed by atoms with E-state index >= 15 is 0 Å². The van der Waals surface area contributed by atoms with Gasteiger partial charge in [0.25, 0.3) is 0 Å². The van der Waals surface area contributed by atoms with E-state index in [1.807, 2.05) is 13.8 Å². The highest BCUT2D eigenvalue weighted by atomic mass is 16.5. The van der Waals surface area contributed by atoms with Crippen molar-refractivity contribution in [1.82, 2.24) is 0 Å². The molecule has 2 nitrogen and oxygen atoms in total. The Labute approximate surface area is 118 Å². The zero-order chi connectivity index (χ0) is 14.8. The Morgan fingerprint density at radius 1 is 1.11 bits per heavy atom. The predicted octanol–water partition coefficient (Wildman–Crippen LogP) is 4.82. The predicted molar refractivity (Wildman–Crippen MR) is 82.0 cm³/mol. The van der Waals surface area contributed by atoms with Crippen LogP contribution in [0.1, 0.15) is 53.9 Å². The molecule has 0 aliphatic carbocycles. The molecule has 0 saturated heterocycles. The number of carbonyl (C=O) groups excluding carboxylic acids is 1. The molecule has 2 heteroatoms. The van der Waals surface area contributed by atoms with Gasteiger partial charge in [-0.2, -0.15) is 0 Å². The average Bonchev–Trinajstić information content (AvgIpc) is 2.35. The largest absolute Gasteiger partial charge is 0.466 e. The van der Waals surface area contributed by atoms with Crippen LogP contribution in [0.3, 0.4) is 0 Å². The lowest BCUT2D eigenvalue weighted by Crippen LogP contribution is -1.97.